The number of carbonyl (C=O) groups excluding carboxylic acids is 1. The molecular weight excluding hydrogens is 190 g/mol. The Morgan fingerprint density at radius 3 is 2.40 bits per heavy atom. The minimum Gasteiger partial charge on any atom is -0.370 e. The molecule has 1 aliphatic rings. The highest BCUT2D eigenvalue weighted by atomic mass is 16.2. The number of nitrogens with zero attached hydrogens (tertiary/aromatic N) is 1. The number of benzene rings is 1. The van der Waals surface area contributed by atoms with Crippen LogP contribution < -0.4 is 11.1 Å². The molecule has 1 aromatic rings. The van der Waals surface area contributed by atoms with E-state index in [0.29, 0.717) is 0 Å². The Bertz CT molecular complexity index is 436. The summed E-state index contributed by atoms with van der Waals surface area (Å²) in [7, 11) is 0. The largest absolute Gasteiger partial charge is 0.370 e. The second-order valence-electron chi connectivity index (χ2n) is 3.89. The monoisotopic (exact) mass is 203 g/mol. The molecule has 1 amide bonds. The lowest BCUT2D eigenvalue weighted by Crippen LogP contribution is -2.37. The van der Waals surface area contributed by atoms with E-state index in [2.05, 4.69) is 10.3 Å². The maximum atomic E-state index is 11.7. The zero-order chi connectivity index (χ0) is 11.1. The van der Waals surface area contributed by atoms with E-state index in [-0.39, 0.29) is 11.9 Å². The van der Waals surface area contributed by atoms with E-state index in [4.69, 9.17) is 5.73 Å². The molecule has 1 unspecified atom stereocenters. The fourth-order valence-electron chi connectivity index (χ4n) is 1.63. The number of amides is 1. The number of aliphatic imine (C=N–C) groups is 1. The Morgan fingerprint density at radius 2 is 1.93 bits per heavy atom. The lowest BCUT2D eigenvalue weighted by Gasteiger charge is -2.17. The van der Waals surface area contributed by atoms with Crippen LogP contribution in [0.15, 0.2) is 29.3 Å². The molecule has 78 valence electrons. The minimum atomic E-state index is -0.877. The van der Waals surface area contributed by atoms with Crippen LogP contribution >= 0.6 is 0 Å². The van der Waals surface area contributed by atoms with Crippen molar-refractivity contribution in [2.75, 3.05) is 0 Å². The summed E-state index contributed by atoms with van der Waals surface area (Å²) in [6.45, 7) is 3.76. The first kappa shape index (κ1) is 9.71. The normalized spacial score (nSPS) is 24.9. The maximum Gasteiger partial charge on any atom is 0.259 e. The molecule has 1 heterocycles. The predicted octanol–water partition coefficient (Wildman–Crippen LogP) is 0.655. The Kier molecular flexibility index (Phi) is 2.00. The summed E-state index contributed by atoms with van der Waals surface area (Å²) in [5, 5.41) is 2.51. The molecule has 4 nitrogen and oxygen atoms in total. The first-order valence-corrected chi connectivity index (χ1v) is 4.76. The van der Waals surface area contributed by atoms with Gasteiger partial charge in [0.25, 0.3) is 5.91 Å². The zero-order valence-electron chi connectivity index (χ0n) is 8.74. The topological polar surface area (TPSA) is 67.5 Å². The third kappa shape index (κ3) is 1.48. The average Bonchev–Trinajstić information content (AvgIpc) is 2.42. The van der Waals surface area contributed by atoms with Crippen LogP contribution in [0.5, 0.6) is 0 Å². The zero-order valence-corrected chi connectivity index (χ0v) is 8.74. The van der Waals surface area contributed by atoms with Crippen molar-refractivity contribution < 1.29 is 4.79 Å². The molecular formula is C11H13N3O. The molecule has 0 fully saturated rings. The predicted molar refractivity (Wildman–Crippen MR) is 58.3 cm³/mol. The minimum absolute atomic E-state index is 0.177. The number of hydrogen-bond donors (Lipinski definition) is 2. The van der Waals surface area contributed by atoms with Crippen LogP contribution in [0.1, 0.15) is 18.1 Å². The van der Waals surface area contributed by atoms with Crippen molar-refractivity contribution in [3.8, 4) is 0 Å². The van der Waals surface area contributed by atoms with Gasteiger partial charge in [-0.1, -0.05) is 29.8 Å². The molecule has 15 heavy (non-hydrogen) atoms. The molecule has 4 heteroatoms. The highest BCUT2D eigenvalue weighted by Gasteiger charge is 2.39. The van der Waals surface area contributed by atoms with Crippen molar-refractivity contribution in [1.29, 1.82) is 0 Å². The molecule has 0 spiro atoms. The van der Waals surface area contributed by atoms with Gasteiger partial charge in [-0.15, -0.1) is 0 Å². The molecule has 0 saturated heterocycles. The van der Waals surface area contributed by atoms with E-state index in [1.54, 1.807) is 6.92 Å². The van der Waals surface area contributed by atoms with Gasteiger partial charge in [-0.3, -0.25) is 10.1 Å². The third-order valence-corrected chi connectivity index (χ3v) is 2.64. The summed E-state index contributed by atoms with van der Waals surface area (Å²) >= 11 is 0. The van der Waals surface area contributed by atoms with Gasteiger partial charge in [0.2, 0.25) is 0 Å². The van der Waals surface area contributed by atoms with Crippen molar-refractivity contribution in [3.63, 3.8) is 0 Å². The second-order valence-corrected chi connectivity index (χ2v) is 3.89. The molecule has 0 aromatic heterocycles. The van der Waals surface area contributed by atoms with Crippen LogP contribution in [0.4, 0.5) is 0 Å². The Balaban J connectivity index is 2.46. The Morgan fingerprint density at radius 1 is 1.33 bits per heavy atom. The summed E-state index contributed by atoms with van der Waals surface area (Å²) in [6.07, 6.45) is 0. The highest BCUT2D eigenvalue weighted by Crippen LogP contribution is 2.28. The lowest BCUT2D eigenvalue weighted by atomic mass is 9.92. The summed E-state index contributed by atoms with van der Waals surface area (Å²) < 4.78 is 0. The van der Waals surface area contributed by atoms with Gasteiger partial charge in [0.1, 0.15) is 0 Å². The van der Waals surface area contributed by atoms with Crippen molar-refractivity contribution in [1.82, 2.24) is 5.32 Å². The van der Waals surface area contributed by atoms with Crippen LogP contribution in [0.25, 0.3) is 0 Å². The van der Waals surface area contributed by atoms with Crippen LogP contribution in [-0.4, -0.2) is 11.9 Å². The first-order chi connectivity index (χ1) is 7.02. The number of aryl methyl sites for hydroxylation is 1. The molecule has 1 aliphatic heterocycles. The molecule has 3 N–H and O–H groups in total. The Hall–Kier alpha value is -1.84. The van der Waals surface area contributed by atoms with Crippen molar-refractivity contribution in [3.05, 3.63) is 35.4 Å². The van der Waals surface area contributed by atoms with Crippen LogP contribution in [0.2, 0.25) is 0 Å². The van der Waals surface area contributed by atoms with E-state index in [9.17, 15) is 4.79 Å². The lowest BCUT2D eigenvalue weighted by molar-refractivity contribution is -0.123. The van der Waals surface area contributed by atoms with E-state index in [0.717, 1.165) is 11.1 Å². The van der Waals surface area contributed by atoms with Gasteiger partial charge in [-0.05, 0) is 19.4 Å². The fourth-order valence-corrected chi connectivity index (χ4v) is 1.63. The standard InChI is InChI=1S/C11H13N3O/c1-7-3-5-8(6-4-7)11(2)9(15)13-10(12)14-11/h3-6H,1-2H3,(H3,12,13,14,15). The average molecular weight is 203 g/mol. The summed E-state index contributed by atoms with van der Waals surface area (Å²) in [6, 6.07) is 7.71. The van der Waals surface area contributed by atoms with Crippen molar-refractivity contribution in [2.24, 2.45) is 10.7 Å². The van der Waals surface area contributed by atoms with Gasteiger partial charge in [0.15, 0.2) is 11.5 Å². The molecule has 0 saturated carbocycles. The van der Waals surface area contributed by atoms with Gasteiger partial charge in [-0.25, -0.2) is 4.99 Å². The van der Waals surface area contributed by atoms with Gasteiger partial charge in [0, 0.05) is 0 Å². The van der Waals surface area contributed by atoms with Crippen LogP contribution in [0, 0.1) is 6.92 Å². The molecule has 0 aliphatic carbocycles. The van der Waals surface area contributed by atoms with Crippen molar-refractivity contribution in [2.45, 2.75) is 19.4 Å². The van der Waals surface area contributed by atoms with Gasteiger partial charge >= 0.3 is 0 Å². The second kappa shape index (κ2) is 3.08. The van der Waals surface area contributed by atoms with Crippen LogP contribution in [-0.2, 0) is 10.3 Å². The summed E-state index contributed by atoms with van der Waals surface area (Å²) in [4.78, 5) is 15.8. The quantitative estimate of drug-likeness (QED) is 0.703. The SMILES string of the molecule is Cc1ccc(C2(C)N=C(N)NC2=O)cc1. The van der Waals surface area contributed by atoms with Gasteiger partial charge < -0.3 is 5.73 Å². The number of guanidine groups is 1. The smallest absolute Gasteiger partial charge is 0.259 e. The van der Waals surface area contributed by atoms with E-state index in [1.807, 2.05) is 31.2 Å². The summed E-state index contributed by atoms with van der Waals surface area (Å²) in [5.74, 6) is 0.00641. The molecule has 0 radical (unpaired) electrons. The van der Waals surface area contributed by atoms with Gasteiger partial charge in [0.05, 0.1) is 0 Å². The first-order valence-electron chi connectivity index (χ1n) is 4.76. The molecule has 0 bridgehead atoms. The van der Waals surface area contributed by atoms with Crippen molar-refractivity contribution >= 4 is 11.9 Å². The van der Waals surface area contributed by atoms with E-state index in [1.165, 1.54) is 0 Å². The van der Waals surface area contributed by atoms with Gasteiger partial charge in [-0.2, -0.15) is 0 Å². The maximum absolute atomic E-state index is 11.7. The number of nitrogens with two attached hydrogens (primary N) is 1. The van der Waals surface area contributed by atoms with Crippen LogP contribution in [0.3, 0.4) is 0 Å². The number of carbonyl (C=O) groups is 1. The molecule has 2 rings (SSSR count). The van der Waals surface area contributed by atoms with E-state index < -0.39 is 5.54 Å². The number of hydrogen-bond acceptors (Lipinski definition) is 3. The Labute approximate surface area is 88.2 Å². The summed E-state index contributed by atoms with van der Waals surface area (Å²) in [5.41, 5.74) is 6.61. The van der Waals surface area contributed by atoms with E-state index >= 15 is 0 Å². The molecule has 1 atom stereocenters. The fraction of sp³-hybridized carbons (Fsp3) is 0.273. The number of nitrogens with one attached hydrogen (secondary N) is 1. The molecule has 1 aromatic carbocycles. The highest BCUT2D eigenvalue weighted by molar-refractivity contribution is 6.06. The number of rotatable bonds is 1. The third-order valence-electron chi connectivity index (χ3n) is 2.64.